The molecule has 0 spiro atoms. The molecule has 2 N–H and O–H groups in total. The highest BCUT2D eigenvalue weighted by Gasteiger charge is 2.16. The van der Waals surface area contributed by atoms with Gasteiger partial charge >= 0.3 is 0 Å². The van der Waals surface area contributed by atoms with Crippen molar-refractivity contribution in [2.24, 2.45) is 5.92 Å². The van der Waals surface area contributed by atoms with Crippen molar-refractivity contribution in [1.29, 1.82) is 0 Å². The van der Waals surface area contributed by atoms with Crippen LogP contribution in [0.5, 0.6) is 0 Å². The summed E-state index contributed by atoms with van der Waals surface area (Å²) in [5.41, 5.74) is 0. The molecule has 1 heterocycles. The van der Waals surface area contributed by atoms with Gasteiger partial charge in [0.25, 0.3) is 10.0 Å². The van der Waals surface area contributed by atoms with Gasteiger partial charge in [-0.05, 0) is 19.3 Å². The molecule has 0 aliphatic rings. The number of aryl methyl sites for hydroxylation is 1. The Morgan fingerprint density at radius 3 is 2.81 bits per heavy atom. The number of hydrogen-bond donors (Lipinski definition) is 2. The van der Waals surface area contributed by atoms with E-state index < -0.39 is 10.0 Å². The van der Waals surface area contributed by atoms with E-state index in [0.717, 1.165) is 11.8 Å². The fourth-order valence-corrected chi connectivity index (χ4v) is 3.07. The Morgan fingerprint density at radius 1 is 1.62 bits per heavy atom. The van der Waals surface area contributed by atoms with Crippen molar-refractivity contribution in [3.05, 3.63) is 12.0 Å². The number of nitrogens with zero attached hydrogens (tertiary/aromatic N) is 1. The Morgan fingerprint density at radius 2 is 2.31 bits per heavy atom. The van der Waals surface area contributed by atoms with Crippen LogP contribution in [0.2, 0.25) is 0 Å². The number of rotatable bonds is 6. The lowest BCUT2D eigenvalue weighted by Crippen LogP contribution is -2.28. The molecule has 7 heteroatoms. The van der Waals surface area contributed by atoms with Crippen molar-refractivity contribution < 1.29 is 8.42 Å². The minimum atomic E-state index is -3.44. The topological polar surface area (TPSA) is 74.8 Å². The molecule has 0 bridgehead atoms. The van der Waals surface area contributed by atoms with Gasteiger partial charge in [0.05, 0.1) is 6.20 Å². The highest BCUT2D eigenvalue weighted by atomic mass is 79.9. The van der Waals surface area contributed by atoms with Gasteiger partial charge in [0.15, 0.2) is 5.03 Å². The maximum Gasteiger partial charge on any atom is 0.257 e. The van der Waals surface area contributed by atoms with E-state index >= 15 is 0 Å². The highest BCUT2D eigenvalue weighted by Crippen LogP contribution is 2.07. The lowest BCUT2D eigenvalue weighted by molar-refractivity contribution is 0.530. The van der Waals surface area contributed by atoms with Crippen molar-refractivity contribution in [3.63, 3.8) is 0 Å². The fourth-order valence-electron chi connectivity index (χ4n) is 1.15. The molecule has 0 amide bonds. The summed E-state index contributed by atoms with van der Waals surface area (Å²) in [5, 5.41) is 0.995. The average molecular weight is 310 g/mol. The zero-order valence-electron chi connectivity index (χ0n) is 9.33. The van der Waals surface area contributed by atoms with E-state index in [1.165, 1.54) is 6.20 Å². The predicted molar refractivity (Wildman–Crippen MR) is 66.1 cm³/mol. The first-order valence-corrected chi connectivity index (χ1v) is 7.63. The monoisotopic (exact) mass is 309 g/mol. The van der Waals surface area contributed by atoms with Gasteiger partial charge in [-0.25, -0.2) is 18.1 Å². The normalized spacial score (nSPS) is 13.9. The van der Waals surface area contributed by atoms with Crippen LogP contribution in [-0.4, -0.2) is 30.3 Å². The van der Waals surface area contributed by atoms with Crippen LogP contribution in [0.1, 0.15) is 19.2 Å². The number of halogens is 1. The molecule has 92 valence electrons. The Hall–Kier alpha value is -0.400. The second kappa shape index (κ2) is 5.79. The molecular weight excluding hydrogens is 294 g/mol. The van der Waals surface area contributed by atoms with E-state index in [4.69, 9.17) is 0 Å². The van der Waals surface area contributed by atoms with E-state index in [1.54, 1.807) is 6.92 Å². The van der Waals surface area contributed by atoms with Gasteiger partial charge < -0.3 is 4.98 Å². The molecule has 0 saturated carbocycles. The molecule has 1 aromatic rings. The lowest BCUT2D eigenvalue weighted by Gasteiger charge is -2.10. The lowest BCUT2D eigenvalue weighted by atomic mass is 10.1. The van der Waals surface area contributed by atoms with E-state index in [1.807, 2.05) is 6.92 Å². The smallest absolute Gasteiger partial charge is 0.257 e. The average Bonchev–Trinajstić information content (AvgIpc) is 2.63. The standard InChI is InChI=1S/C9H16BrN3O2S/c1-7(3-4-10)5-12-16(14,15)9-6-11-8(2)13-9/h6-7,12H,3-5H2,1-2H3,(H,11,13). The summed E-state index contributed by atoms with van der Waals surface area (Å²) >= 11 is 3.33. The molecule has 0 aliphatic heterocycles. The van der Waals surface area contributed by atoms with Crippen LogP contribution in [0.3, 0.4) is 0 Å². The van der Waals surface area contributed by atoms with Crippen LogP contribution >= 0.6 is 15.9 Å². The Balaban J connectivity index is 2.59. The van der Waals surface area contributed by atoms with Crippen molar-refractivity contribution in [1.82, 2.24) is 14.7 Å². The third-order valence-electron chi connectivity index (χ3n) is 2.19. The second-order valence-electron chi connectivity index (χ2n) is 3.77. The zero-order valence-corrected chi connectivity index (χ0v) is 11.7. The van der Waals surface area contributed by atoms with Gasteiger partial charge in [0.1, 0.15) is 5.82 Å². The first-order chi connectivity index (χ1) is 7.45. The van der Waals surface area contributed by atoms with Crippen molar-refractivity contribution in [3.8, 4) is 0 Å². The number of alkyl halides is 1. The zero-order chi connectivity index (χ0) is 12.2. The molecule has 16 heavy (non-hydrogen) atoms. The third kappa shape index (κ3) is 3.88. The molecule has 0 aromatic carbocycles. The fraction of sp³-hybridized carbons (Fsp3) is 0.667. The molecule has 1 unspecified atom stereocenters. The van der Waals surface area contributed by atoms with Gasteiger partial charge in [-0.3, -0.25) is 0 Å². The summed E-state index contributed by atoms with van der Waals surface area (Å²) in [6.45, 7) is 4.15. The summed E-state index contributed by atoms with van der Waals surface area (Å²) in [7, 11) is -3.44. The number of aromatic amines is 1. The van der Waals surface area contributed by atoms with E-state index in [2.05, 4.69) is 30.6 Å². The van der Waals surface area contributed by atoms with Crippen molar-refractivity contribution >= 4 is 26.0 Å². The van der Waals surface area contributed by atoms with E-state index in [-0.39, 0.29) is 5.03 Å². The number of nitrogens with one attached hydrogen (secondary N) is 2. The molecule has 5 nitrogen and oxygen atoms in total. The molecule has 0 aliphatic carbocycles. The maximum atomic E-state index is 11.8. The first-order valence-electron chi connectivity index (χ1n) is 5.03. The van der Waals surface area contributed by atoms with Gasteiger partial charge in [-0.1, -0.05) is 22.9 Å². The van der Waals surface area contributed by atoms with Crippen LogP contribution in [0, 0.1) is 12.8 Å². The number of hydrogen-bond acceptors (Lipinski definition) is 3. The summed E-state index contributed by atoms with van der Waals surface area (Å²) in [6, 6.07) is 0. The van der Waals surface area contributed by atoms with Gasteiger partial charge in [0.2, 0.25) is 0 Å². The van der Waals surface area contributed by atoms with Crippen LogP contribution in [0.15, 0.2) is 11.2 Å². The van der Waals surface area contributed by atoms with Crippen LogP contribution in [0.4, 0.5) is 0 Å². The summed E-state index contributed by atoms with van der Waals surface area (Å²) < 4.78 is 26.1. The minimum absolute atomic E-state index is 0.121. The Labute approximate surface area is 104 Å². The van der Waals surface area contributed by atoms with Gasteiger partial charge in [0, 0.05) is 11.9 Å². The van der Waals surface area contributed by atoms with Crippen molar-refractivity contribution in [2.45, 2.75) is 25.3 Å². The number of imidazole rings is 1. The highest BCUT2D eigenvalue weighted by molar-refractivity contribution is 9.09. The molecule has 1 rings (SSSR count). The van der Waals surface area contributed by atoms with Gasteiger partial charge in [-0.2, -0.15) is 0 Å². The maximum absolute atomic E-state index is 11.8. The largest absolute Gasteiger partial charge is 0.332 e. The first kappa shape index (κ1) is 13.7. The molecule has 0 radical (unpaired) electrons. The Kier molecular flexibility index (Phi) is 4.94. The minimum Gasteiger partial charge on any atom is -0.332 e. The van der Waals surface area contributed by atoms with Crippen LogP contribution in [-0.2, 0) is 10.0 Å². The van der Waals surface area contributed by atoms with E-state index in [0.29, 0.717) is 18.3 Å². The van der Waals surface area contributed by atoms with E-state index in [9.17, 15) is 8.42 Å². The molecule has 0 saturated heterocycles. The SMILES string of the molecule is Cc1ncc(S(=O)(=O)NCC(C)CCBr)[nH]1. The number of aromatic nitrogens is 2. The summed E-state index contributed by atoms with van der Waals surface area (Å²) in [4.78, 5) is 6.57. The molecular formula is C9H16BrN3O2S. The van der Waals surface area contributed by atoms with Crippen LogP contribution < -0.4 is 4.72 Å². The number of sulfonamides is 1. The molecule has 1 aromatic heterocycles. The second-order valence-corrected chi connectivity index (χ2v) is 6.30. The summed E-state index contributed by atoms with van der Waals surface area (Å²) in [6.07, 6.45) is 2.26. The predicted octanol–water partition coefficient (Wildman–Crippen LogP) is 1.42. The Bertz CT molecular complexity index is 430. The summed E-state index contributed by atoms with van der Waals surface area (Å²) in [5.74, 6) is 0.895. The van der Waals surface area contributed by atoms with Crippen molar-refractivity contribution in [2.75, 3.05) is 11.9 Å². The van der Waals surface area contributed by atoms with Crippen LogP contribution in [0.25, 0.3) is 0 Å². The molecule has 1 atom stereocenters. The third-order valence-corrected chi connectivity index (χ3v) is 3.98. The van der Waals surface area contributed by atoms with Gasteiger partial charge in [-0.15, -0.1) is 0 Å². The number of H-pyrrole nitrogens is 1. The molecule has 0 fully saturated rings. The quantitative estimate of drug-likeness (QED) is 0.780.